The van der Waals surface area contributed by atoms with Crippen LogP contribution in [0.4, 0.5) is 0 Å². The zero-order valence-electron chi connectivity index (χ0n) is 12.7. The third-order valence-electron chi connectivity index (χ3n) is 5.72. The fraction of sp³-hybridized carbons (Fsp3) is 0.684. The summed E-state index contributed by atoms with van der Waals surface area (Å²) in [5.74, 6) is 4.16. The monoisotopic (exact) mass is 272 g/mol. The molecular weight excluding hydrogens is 244 g/mol. The lowest BCUT2D eigenvalue weighted by Crippen LogP contribution is -2.15. The second-order valence-electron chi connectivity index (χ2n) is 7.21. The molecule has 2 saturated carbocycles. The fourth-order valence-corrected chi connectivity index (χ4v) is 4.24. The molecule has 0 amide bonds. The van der Waals surface area contributed by atoms with Crippen LogP contribution in [0.15, 0.2) is 30.3 Å². The van der Waals surface area contributed by atoms with Crippen molar-refractivity contribution in [2.75, 3.05) is 6.61 Å². The van der Waals surface area contributed by atoms with Gasteiger partial charge in [-0.15, -0.1) is 0 Å². The second-order valence-corrected chi connectivity index (χ2v) is 7.21. The van der Waals surface area contributed by atoms with Crippen LogP contribution in [0, 0.1) is 23.7 Å². The Morgan fingerprint density at radius 1 is 1.10 bits per heavy atom. The molecule has 0 spiro atoms. The molecule has 110 valence electrons. The van der Waals surface area contributed by atoms with E-state index < -0.39 is 0 Å². The van der Waals surface area contributed by atoms with Gasteiger partial charge in [0, 0.05) is 12.5 Å². The molecule has 2 aliphatic rings. The minimum Gasteiger partial charge on any atom is -0.396 e. The van der Waals surface area contributed by atoms with Crippen molar-refractivity contribution in [1.29, 1.82) is 0 Å². The lowest BCUT2D eigenvalue weighted by molar-refractivity contribution is 0.236. The summed E-state index contributed by atoms with van der Waals surface area (Å²) in [7, 11) is 0. The van der Waals surface area contributed by atoms with Gasteiger partial charge in [0.15, 0.2) is 0 Å². The van der Waals surface area contributed by atoms with Gasteiger partial charge in [0.2, 0.25) is 0 Å². The van der Waals surface area contributed by atoms with Gasteiger partial charge in [-0.1, -0.05) is 50.1 Å². The number of hydrogen-bond donors (Lipinski definition) is 1. The van der Waals surface area contributed by atoms with Crippen molar-refractivity contribution < 1.29 is 5.11 Å². The van der Waals surface area contributed by atoms with Crippen LogP contribution in [-0.4, -0.2) is 11.7 Å². The van der Waals surface area contributed by atoms with Gasteiger partial charge in [-0.3, -0.25) is 0 Å². The van der Waals surface area contributed by atoms with Gasteiger partial charge in [0.05, 0.1) is 0 Å². The smallest absolute Gasteiger partial charge is 0.0499 e. The molecule has 0 saturated heterocycles. The van der Waals surface area contributed by atoms with E-state index in [1.165, 1.54) is 44.1 Å². The van der Waals surface area contributed by atoms with Gasteiger partial charge in [-0.2, -0.15) is 0 Å². The van der Waals surface area contributed by atoms with Gasteiger partial charge in [0.25, 0.3) is 0 Å². The maximum absolute atomic E-state index is 9.69. The normalized spacial score (nSPS) is 34.7. The van der Waals surface area contributed by atoms with Crippen LogP contribution in [0.3, 0.4) is 0 Å². The summed E-state index contributed by atoms with van der Waals surface area (Å²) in [4.78, 5) is 0. The molecule has 3 atom stereocenters. The highest BCUT2D eigenvalue weighted by Crippen LogP contribution is 2.53. The Labute approximate surface area is 123 Å². The molecule has 1 heteroatoms. The molecule has 0 bridgehead atoms. The molecule has 1 aromatic carbocycles. The van der Waals surface area contributed by atoms with Gasteiger partial charge in [0.1, 0.15) is 0 Å². The van der Waals surface area contributed by atoms with Crippen LogP contribution in [0.25, 0.3) is 0 Å². The van der Waals surface area contributed by atoms with E-state index in [4.69, 9.17) is 0 Å². The zero-order chi connectivity index (χ0) is 13.9. The van der Waals surface area contributed by atoms with Crippen LogP contribution in [0.5, 0.6) is 0 Å². The molecule has 1 N–H and O–H groups in total. The summed E-state index contributed by atoms with van der Waals surface area (Å²) >= 11 is 0. The van der Waals surface area contributed by atoms with Crippen molar-refractivity contribution in [1.82, 2.24) is 0 Å². The molecule has 0 heterocycles. The number of rotatable bonds is 5. The predicted molar refractivity (Wildman–Crippen MR) is 83.6 cm³/mol. The van der Waals surface area contributed by atoms with Gasteiger partial charge in [-0.25, -0.2) is 0 Å². The molecule has 20 heavy (non-hydrogen) atoms. The first-order valence-electron chi connectivity index (χ1n) is 8.43. The van der Waals surface area contributed by atoms with Crippen molar-refractivity contribution in [2.45, 2.75) is 51.4 Å². The third-order valence-corrected chi connectivity index (χ3v) is 5.72. The van der Waals surface area contributed by atoms with Crippen molar-refractivity contribution in [2.24, 2.45) is 23.7 Å². The highest BCUT2D eigenvalue weighted by Gasteiger charge is 2.44. The van der Waals surface area contributed by atoms with E-state index in [9.17, 15) is 5.11 Å². The fourth-order valence-electron chi connectivity index (χ4n) is 4.24. The van der Waals surface area contributed by atoms with Gasteiger partial charge < -0.3 is 5.11 Å². The van der Waals surface area contributed by atoms with Crippen molar-refractivity contribution in [3.05, 3.63) is 35.9 Å². The quantitative estimate of drug-likeness (QED) is 0.829. The summed E-state index contributed by atoms with van der Waals surface area (Å²) in [6.07, 6.45) is 8.40. The minimum absolute atomic E-state index is 0.301. The summed E-state index contributed by atoms with van der Waals surface area (Å²) in [6.45, 7) is 2.70. The van der Waals surface area contributed by atoms with Crippen LogP contribution in [0.1, 0.15) is 56.9 Å². The highest BCUT2D eigenvalue weighted by molar-refractivity contribution is 5.20. The number of aliphatic hydroxyl groups is 1. The SMILES string of the molecule is CC1CCC([C@H]2CC2CC(CO)c2ccccc2)CC1. The molecular formula is C19H28O. The molecule has 2 aliphatic carbocycles. The first-order valence-corrected chi connectivity index (χ1v) is 8.43. The van der Waals surface area contributed by atoms with Gasteiger partial charge >= 0.3 is 0 Å². The van der Waals surface area contributed by atoms with E-state index in [2.05, 4.69) is 37.3 Å². The Morgan fingerprint density at radius 2 is 1.80 bits per heavy atom. The zero-order valence-corrected chi connectivity index (χ0v) is 12.7. The van der Waals surface area contributed by atoms with Crippen molar-refractivity contribution >= 4 is 0 Å². The molecule has 1 aromatic rings. The Hall–Kier alpha value is -0.820. The number of hydrogen-bond acceptors (Lipinski definition) is 1. The van der Waals surface area contributed by atoms with E-state index >= 15 is 0 Å². The molecule has 0 aromatic heterocycles. The summed E-state index contributed by atoms with van der Waals surface area (Å²) in [6, 6.07) is 10.6. The Bertz CT molecular complexity index is 405. The topological polar surface area (TPSA) is 20.2 Å². The minimum atomic E-state index is 0.301. The Morgan fingerprint density at radius 3 is 2.45 bits per heavy atom. The highest BCUT2D eigenvalue weighted by atomic mass is 16.3. The lowest BCUT2D eigenvalue weighted by Gasteiger charge is -2.26. The van der Waals surface area contributed by atoms with E-state index in [0.29, 0.717) is 12.5 Å². The second kappa shape index (κ2) is 6.30. The van der Waals surface area contributed by atoms with Crippen LogP contribution < -0.4 is 0 Å². The average molecular weight is 272 g/mol. The standard InChI is InChI=1S/C19H28O/c1-14-7-9-16(10-8-14)19-12-17(19)11-18(13-20)15-5-3-2-4-6-15/h2-6,14,16-20H,7-13H2,1H3/t14?,16?,17?,18?,19-/m1/s1. The van der Waals surface area contributed by atoms with Crippen molar-refractivity contribution in [3.63, 3.8) is 0 Å². The first kappa shape index (κ1) is 14.1. The molecule has 2 unspecified atom stereocenters. The Balaban J connectivity index is 1.52. The summed E-state index contributed by atoms with van der Waals surface area (Å²) in [5.41, 5.74) is 1.32. The molecule has 0 radical (unpaired) electrons. The van der Waals surface area contributed by atoms with Crippen LogP contribution in [-0.2, 0) is 0 Å². The maximum Gasteiger partial charge on any atom is 0.0499 e. The van der Waals surface area contributed by atoms with E-state index in [1.54, 1.807) is 0 Å². The summed E-state index contributed by atoms with van der Waals surface area (Å²) in [5, 5.41) is 9.69. The Kier molecular flexibility index (Phi) is 4.45. The molecule has 3 rings (SSSR count). The average Bonchev–Trinajstić information content (AvgIpc) is 3.26. The maximum atomic E-state index is 9.69. The number of aliphatic hydroxyl groups excluding tert-OH is 1. The lowest BCUT2D eigenvalue weighted by atomic mass is 9.79. The predicted octanol–water partition coefficient (Wildman–Crippen LogP) is 4.62. The van der Waals surface area contributed by atoms with Crippen LogP contribution >= 0.6 is 0 Å². The largest absolute Gasteiger partial charge is 0.396 e. The van der Waals surface area contributed by atoms with Crippen LogP contribution in [0.2, 0.25) is 0 Å². The van der Waals surface area contributed by atoms with Gasteiger partial charge in [-0.05, 0) is 54.9 Å². The summed E-state index contributed by atoms with van der Waals surface area (Å²) < 4.78 is 0. The van der Waals surface area contributed by atoms with E-state index in [1.807, 2.05) is 0 Å². The molecule has 0 aliphatic heterocycles. The number of benzene rings is 1. The first-order chi connectivity index (χ1) is 9.78. The molecule has 2 fully saturated rings. The van der Waals surface area contributed by atoms with E-state index in [-0.39, 0.29) is 0 Å². The van der Waals surface area contributed by atoms with E-state index in [0.717, 1.165) is 23.7 Å². The third kappa shape index (κ3) is 3.25. The van der Waals surface area contributed by atoms with Crippen molar-refractivity contribution in [3.8, 4) is 0 Å². The molecule has 1 nitrogen and oxygen atoms in total.